The summed E-state index contributed by atoms with van der Waals surface area (Å²) in [5.74, 6) is 1.02. The van der Waals surface area contributed by atoms with Gasteiger partial charge in [0.05, 0.1) is 6.61 Å². The van der Waals surface area contributed by atoms with Crippen LogP contribution in [0, 0.1) is 0 Å². The summed E-state index contributed by atoms with van der Waals surface area (Å²) >= 11 is 5.33. The highest BCUT2D eigenvalue weighted by Gasteiger charge is 2.31. The Morgan fingerprint density at radius 1 is 1.50 bits per heavy atom. The van der Waals surface area contributed by atoms with Crippen molar-refractivity contribution in [3.63, 3.8) is 0 Å². The van der Waals surface area contributed by atoms with Crippen LogP contribution in [0.1, 0.15) is 26.2 Å². The maximum absolute atomic E-state index is 9.52. The predicted molar refractivity (Wildman–Crippen MR) is 81.1 cm³/mol. The first-order valence-corrected chi connectivity index (χ1v) is 8.16. The summed E-state index contributed by atoms with van der Waals surface area (Å²) in [7, 11) is 0. The lowest BCUT2D eigenvalue weighted by Crippen LogP contribution is -2.47. The molecule has 1 unspecified atom stereocenters. The minimum absolute atomic E-state index is 0.125. The van der Waals surface area contributed by atoms with Crippen molar-refractivity contribution in [3.8, 4) is 0 Å². The van der Waals surface area contributed by atoms with Gasteiger partial charge in [-0.25, -0.2) is 0 Å². The summed E-state index contributed by atoms with van der Waals surface area (Å²) in [6, 6.07) is 8.99. The van der Waals surface area contributed by atoms with E-state index in [1.807, 2.05) is 17.8 Å². The van der Waals surface area contributed by atoms with Crippen LogP contribution in [-0.4, -0.2) is 29.0 Å². The van der Waals surface area contributed by atoms with Crippen LogP contribution in [0.25, 0.3) is 0 Å². The Kier molecular flexibility index (Phi) is 5.13. The highest BCUT2D eigenvalue weighted by molar-refractivity contribution is 9.10. The molecule has 0 aromatic heterocycles. The first-order valence-electron chi connectivity index (χ1n) is 6.38. The summed E-state index contributed by atoms with van der Waals surface area (Å²) < 4.78 is 1.12. The number of benzene rings is 1. The molecule has 1 aliphatic rings. The monoisotopic (exact) mass is 329 g/mol. The Hall–Kier alpha value is -0.0300. The van der Waals surface area contributed by atoms with Gasteiger partial charge in [0.2, 0.25) is 0 Å². The molecule has 4 heteroatoms. The molecule has 0 spiro atoms. The van der Waals surface area contributed by atoms with Crippen LogP contribution >= 0.6 is 27.7 Å². The van der Waals surface area contributed by atoms with Gasteiger partial charge >= 0.3 is 0 Å². The van der Waals surface area contributed by atoms with E-state index in [0.717, 1.165) is 16.6 Å². The first-order chi connectivity index (χ1) is 8.61. The zero-order valence-corrected chi connectivity index (χ0v) is 13.1. The van der Waals surface area contributed by atoms with E-state index < -0.39 is 0 Å². The predicted octanol–water partition coefficient (Wildman–Crippen LogP) is 3.43. The van der Waals surface area contributed by atoms with E-state index in [4.69, 9.17) is 0 Å². The third kappa shape index (κ3) is 4.57. The Bertz CT molecular complexity index is 397. The zero-order chi connectivity index (χ0) is 13.0. The van der Waals surface area contributed by atoms with Gasteiger partial charge in [-0.1, -0.05) is 22.0 Å². The lowest BCUT2D eigenvalue weighted by Gasteiger charge is -2.28. The molecule has 0 amide bonds. The quantitative estimate of drug-likeness (QED) is 0.751. The molecule has 0 heterocycles. The van der Waals surface area contributed by atoms with Crippen molar-refractivity contribution in [2.45, 2.75) is 42.7 Å². The fourth-order valence-corrected chi connectivity index (χ4v) is 3.59. The number of aliphatic hydroxyl groups is 1. The molecule has 1 aromatic rings. The molecule has 0 radical (unpaired) electrons. The highest BCUT2D eigenvalue weighted by atomic mass is 79.9. The summed E-state index contributed by atoms with van der Waals surface area (Å²) in [5.41, 5.74) is -0.125. The molecule has 0 bridgehead atoms. The number of nitrogens with one attached hydrogen (secondary N) is 1. The lowest BCUT2D eigenvalue weighted by atomic mass is 10.0. The van der Waals surface area contributed by atoms with Crippen molar-refractivity contribution in [1.29, 1.82) is 0 Å². The fourth-order valence-electron chi connectivity index (χ4n) is 1.87. The Morgan fingerprint density at radius 3 is 2.89 bits per heavy atom. The van der Waals surface area contributed by atoms with Crippen molar-refractivity contribution in [1.82, 2.24) is 5.32 Å². The average molecular weight is 330 g/mol. The van der Waals surface area contributed by atoms with Gasteiger partial charge in [0.1, 0.15) is 0 Å². The van der Waals surface area contributed by atoms with Gasteiger partial charge in [0.15, 0.2) is 0 Å². The van der Waals surface area contributed by atoms with Crippen LogP contribution < -0.4 is 5.32 Å². The molecule has 0 aliphatic heterocycles. The molecule has 18 heavy (non-hydrogen) atoms. The second kappa shape index (κ2) is 6.42. The Labute approximate surface area is 122 Å². The smallest absolute Gasteiger partial charge is 0.0610 e. The second-order valence-corrected chi connectivity index (χ2v) is 7.28. The number of thioether (sulfide) groups is 1. The number of rotatable bonds is 7. The van der Waals surface area contributed by atoms with Crippen molar-refractivity contribution in [2.75, 3.05) is 12.4 Å². The molecule has 1 atom stereocenters. The van der Waals surface area contributed by atoms with E-state index in [1.165, 1.54) is 17.7 Å². The Morgan fingerprint density at radius 2 is 2.28 bits per heavy atom. The standard InChI is InChI=1S/C14H20BrNOS/c1-14(10-17,16-12-5-6-12)7-8-18-13-4-2-3-11(15)9-13/h2-4,9,12,16-17H,5-8,10H2,1H3. The second-order valence-electron chi connectivity index (χ2n) is 5.19. The number of hydrogen-bond acceptors (Lipinski definition) is 3. The van der Waals surface area contributed by atoms with E-state index in [9.17, 15) is 5.11 Å². The van der Waals surface area contributed by atoms with E-state index >= 15 is 0 Å². The molecule has 2 nitrogen and oxygen atoms in total. The number of aliphatic hydroxyl groups excluding tert-OH is 1. The van der Waals surface area contributed by atoms with Gasteiger partial charge in [-0.05, 0) is 50.1 Å². The van der Waals surface area contributed by atoms with Crippen molar-refractivity contribution in [3.05, 3.63) is 28.7 Å². The van der Waals surface area contributed by atoms with Gasteiger partial charge in [-0.3, -0.25) is 0 Å². The largest absolute Gasteiger partial charge is 0.394 e. The maximum Gasteiger partial charge on any atom is 0.0610 e. The third-order valence-electron chi connectivity index (χ3n) is 3.20. The molecule has 1 fully saturated rings. The molecule has 2 rings (SSSR count). The van der Waals surface area contributed by atoms with Crippen LogP contribution in [0.4, 0.5) is 0 Å². The van der Waals surface area contributed by atoms with Crippen LogP contribution in [0.2, 0.25) is 0 Å². The number of hydrogen-bond donors (Lipinski definition) is 2. The van der Waals surface area contributed by atoms with Gasteiger partial charge in [0.25, 0.3) is 0 Å². The van der Waals surface area contributed by atoms with Crippen molar-refractivity contribution in [2.24, 2.45) is 0 Å². The van der Waals surface area contributed by atoms with Crippen molar-refractivity contribution >= 4 is 27.7 Å². The van der Waals surface area contributed by atoms with Crippen LogP contribution in [0.15, 0.2) is 33.6 Å². The minimum atomic E-state index is -0.125. The molecule has 2 N–H and O–H groups in total. The molecule has 1 aliphatic carbocycles. The number of halogens is 1. The fraction of sp³-hybridized carbons (Fsp3) is 0.571. The summed E-state index contributed by atoms with van der Waals surface area (Å²) in [6.07, 6.45) is 3.50. The van der Waals surface area contributed by atoms with Gasteiger partial charge in [-0.2, -0.15) is 0 Å². The van der Waals surface area contributed by atoms with Crippen LogP contribution in [0.3, 0.4) is 0 Å². The molecule has 1 aromatic carbocycles. The van der Waals surface area contributed by atoms with E-state index in [2.05, 4.69) is 46.4 Å². The molecule has 1 saturated carbocycles. The average Bonchev–Trinajstić information content (AvgIpc) is 3.13. The van der Waals surface area contributed by atoms with Crippen molar-refractivity contribution < 1.29 is 5.11 Å². The molecular formula is C14H20BrNOS. The van der Waals surface area contributed by atoms with E-state index in [1.54, 1.807) is 0 Å². The molecule has 100 valence electrons. The van der Waals surface area contributed by atoms with Gasteiger partial charge in [-0.15, -0.1) is 11.8 Å². The topological polar surface area (TPSA) is 32.3 Å². The lowest BCUT2D eigenvalue weighted by molar-refractivity contribution is 0.169. The maximum atomic E-state index is 9.52. The van der Waals surface area contributed by atoms with E-state index in [-0.39, 0.29) is 12.1 Å². The molecular weight excluding hydrogens is 310 g/mol. The summed E-state index contributed by atoms with van der Waals surface area (Å²) in [5, 5.41) is 13.1. The first kappa shape index (κ1) is 14.4. The SMILES string of the molecule is CC(CO)(CCSc1cccc(Br)c1)NC1CC1. The molecule has 0 saturated heterocycles. The van der Waals surface area contributed by atoms with E-state index in [0.29, 0.717) is 6.04 Å². The normalized spacial score (nSPS) is 18.6. The van der Waals surface area contributed by atoms with Crippen LogP contribution in [0.5, 0.6) is 0 Å². The Balaban J connectivity index is 1.79. The zero-order valence-electron chi connectivity index (χ0n) is 10.7. The van der Waals surface area contributed by atoms with Gasteiger partial charge in [0, 0.05) is 20.9 Å². The third-order valence-corrected chi connectivity index (χ3v) is 4.69. The highest BCUT2D eigenvalue weighted by Crippen LogP contribution is 2.27. The van der Waals surface area contributed by atoms with Gasteiger partial charge < -0.3 is 10.4 Å². The summed E-state index contributed by atoms with van der Waals surface area (Å²) in [4.78, 5) is 1.27. The summed E-state index contributed by atoms with van der Waals surface area (Å²) in [6.45, 7) is 2.33. The van der Waals surface area contributed by atoms with Crippen LogP contribution in [-0.2, 0) is 0 Å². The minimum Gasteiger partial charge on any atom is -0.394 e.